The van der Waals surface area contributed by atoms with Crippen molar-refractivity contribution >= 4 is 65.3 Å². The second-order valence-corrected chi connectivity index (χ2v) is 13.8. The van der Waals surface area contributed by atoms with Crippen molar-refractivity contribution in [2.45, 2.75) is 13.3 Å². The number of imidazole rings is 1. The number of aromatic nitrogens is 2. The molecule has 54 heavy (non-hydrogen) atoms. The zero-order valence-electron chi connectivity index (χ0n) is 34.4. The molecule has 0 N–H and O–H groups in total. The van der Waals surface area contributed by atoms with Crippen molar-refractivity contribution < 1.29 is 11.3 Å². The molecule has 0 amide bonds. The first-order valence-electron chi connectivity index (χ1n) is 20.8. The van der Waals surface area contributed by atoms with Crippen LogP contribution in [-0.2, 0) is 6.42 Å². The first kappa shape index (κ1) is 25.9. The van der Waals surface area contributed by atoms with Crippen molar-refractivity contribution in [2.24, 2.45) is 0 Å². The van der Waals surface area contributed by atoms with E-state index in [9.17, 15) is 0 Å². The summed E-state index contributed by atoms with van der Waals surface area (Å²) in [5.74, 6) is 1.02. The third kappa shape index (κ3) is 4.65. The molecule has 2 heterocycles. The maximum atomic E-state index is 8.89. The Morgan fingerprint density at radius 1 is 0.556 bits per heavy atom. The maximum Gasteiger partial charge on any atom is 0.136 e. The third-order valence-electron chi connectivity index (χ3n) is 10.8. The average molecular weight is 696 g/mol. The largest absolute Gasteiger partial charge is 0.456 e. The minimum atomic E-state index is -0.412. The van der Waals surface area contributed by atoms with Crippen LogP contribution in [-0.4, -0.2) is 9.55 Å². The highest BCUT2D eigenvalue weighted by Gasteiger charge is 2.21. The lowest BCUT2D eigenvalue weighted by molar-refractivity contribution is 0.669. The molecule has 0 aliphatic heterocycles. The van der Waals surface area contributed by atoms with Gasteiger partial charge in [0, 0.05) is 22.9 Å². The normalized spacial score (nSPS) is 13.2. The van der Waals surface area contributed by atoms with Crippen LogP contribution < -0.4 is 0 Å². The van der Waals surface area contributed by atoms with E-state index in [2.05, 4.69) is 102 Å². The Morgan fingerprint density at radius 3 is 2.13 bits per heavy atom. The van der Waals surface area contributed by atoms with E-state index >= 15 is 0 Å². The van der Waals surface area contributed by atoms with Crippen LogP contribution in [0.5, 0.6) is 0 Å². The molecule has 0 atom stereocenters. The molecule has 254 valence electrons. The number of furan rings is 1. The highest BCUT2D eigenvalue weighted by atomic mass is 16.3. The fourth-order valence-corrected chi connectivity index (χ4v) is 8.44. The number of para-hydroxylation sites is 3. The van der Waals surface area contributed by atoms with E-state index in [0.29, 0.717) is 5.56 Å². The van der Waals surface area contributed by atoms with Crippen LogP contribution in [0.15, 0.2) is 180 Å². The van der Waals surface area contributed by atoms with Gasteiger partial charge in [-0.05, 0) is 114 Å². The molecule has 3 heteroatoms. The molecule has 11 aromatic rings. The van der Waals surface area contributed by atoms with Crippen LogP contribution >= 0.6 is 0 Å². The standard InChI is InChI=1S/C51H34N2O/c1-2-48-52-44-19-9-10-20-45(44)53(48)37-27-25-33-29-36(24-23-34(33)30-37)49-38-15-6-7-16-39(38)50(43-31-35(26-28-40(43)49)32-13-4-3-5-14-32)42-18-12-22-47-51(42)41-17-8-11-21-46(41)54-47/h3-31H,2H2,1H3/i3D,4D,5D,13D,14D. The summed E-state index contributed by atoms with van der Waals surface area (Å²) in [5, 5.41) is 8.19. The molecule has 0 saturated heterocycles. The third-order valence-corrected chi connectivity index (χ3v) is 10.8. The minimum absolute atomic E-state index is 0.170. The summed E-state index contributed by atoms with van der Waals surface area (Å²) in [6.07, 6.45) is 0.811. The summed E-state index contributed by atoms with van der Waals surface area (Å²) in [4.78, 5) is 4.91. The van der Waals surface area contributed by atoms with E-state index in [1.807, 2.05) is 54.6 Å². The number of benzene rings is 9. The summed E-state index contributed by atoms with van der Waals surface area (Å²) in [7, 11) is 0. The number of hydrogen-bond acceptors (Lipinski definition) is 2. The number of nitrogens with zero attached hydrogens (tertiary/aromatic N) is 2. The number of hydrogen-bond donors (Lipinski definition) is 0. The molecule has 9 aromatic carbocycles. The molecule has 0 spiro atoms. The predicted octanol–water partition coefficient (Wildman–Crippen LogP) is 13.9. The lowest BCUT2D eigenvalue weighted by Crippen LogP contribution is -2.00. The predicted molar refractivity (Wildman–Crippen MR) is 227 cm³/mol. The van der Waals surface area contributed by atoms with Gasteiger partial charge < -0.3 is 4.42 Å². The van der Waals surface area contributed by atoms with E-state index in [0.717, 1.165) is 105 Å². The molecule has 0 unspecified atom stereocenters. The quantitative estimate of drug-likeness (QED) is 0.168. The molecule has 0 saturated carbocycles. The van der Waals surface area contributed by atoms with Gasteiger partial charge in [0.15, 0.2) is 0 Å². The Labute approximate surface area is 319 Å². The average Bonchev–Trinajstić information content (AvgIpc) is 3.85. The molecule has 0 aliphatic rings. The fourth-order valence-electron chi connectivity index (χ4n) is 8.44. The van der Waals surface area contributed by atoms with Gasteiger partial charge in [0.2, 0.25) is 0 Å². The highest BCUT2D eigenvalue weighted by molar-refractivity contribution is 6.26. The topological polar surface area (TPSA) is 31.0 Å². The van der Waals surface area contributed by atoms with E-state index in [4.69, 9.17) is 16.3 Å². The summed E-state index contributed by atoms with van der Waals surface area (Å²) in [6, 6.07) is 48.5. The minimum Gasteiger partial charge on any atom is -0.456 e. The van der Waals surface area contributed by atoms with Crippen molar-refractivity contribution in [1.29, 1.82) is 0 Å². The molecule has 0 radical (unpaired) electrons. The van der Waals surface area contributed by atoms with Gasteiger partial charge in [0.05, 0.1) is 17.9 Å². The van der Waals surface area contributed by atoms with Gasteiger partial charge in [0.1, 0.15) is 17.0 Å². The molecule has 11 rings (SSSR count). The Balaban J connectivity index is 1.20. The molecule has 0 aliphatic carbocycles. The van der Waals surface area contributed by atoms with Gasteiger partial charge in [-0.3, -0.25) is 4.57 Å². The lowest BCUT2D eigenvalue weighted by atomic mass is 9.83. The molecular weight excluding hydrogens is 657 g/mol. The van der Waals surface area contributed by atoms with Crippen LogP contribution in [0.1, 0.15) is 19.6 Å². The van der Waals surface area contributed by atoms with Crippen LogP contribution in [0.3, 0.4) is 0 Å². The van der Waals surface area contributed by atoms with Gasteiger partial charge in [-0.2, -0.15) is 0 Å². The monoisotopic (exact) mass is 695 g/mol. The van der Waals surface area contributed by atoms with Crippen molar-refractivity contribution in [3.63, 3.8) is 0 Å². The summed E-state index contributed by atoms with van der Waals surface area (Å²) in [6.45, 7) is 2.13. The molecular formula is C51H34N2O. The zero-order valence-corrected chi connectivity index (χ0v) is 29.4. The van der Waals surface area contributed by atoms with Crippen LogP contribution in [0.2, 0.25) is 0 Å². The van der Waals surface area contributed by atoms with Crippen LogP contribution in [0, 0.1) is 0 Å². The number of fused-ring (bicyclic) bond motifs is 7. The first-order chi connectivity index (χ1) is 28.8. The SMILES string of the molecule is [2H]c1c([2H])c([2H])c(-c2ccc3c(-c4ccc5cc(-n6c(CC)nc7ccccc76)ccc5c4)c4ccccc4c(-c4cccc5oc6ccccc6c45)c3c2)c([2H])c1[2H]. The van der Waals surface area contributed by atoms with Gasteiger partial charge in [-0.25, -0.2) is 4.98 Å². The Bertz CT molecular complexity index is 3540. The highest BCUT2D eigenvalue weighted by Crippen LogP contribution is 2.48. The second-order valence-electron chi connectivity index (χ2n) is 13.8. The number of aryl methyl sites for hydroxylation is 1. The van der Waals surface area contributed by atoms with Gasteiger partial charge in [-0.1, -0.05) is 134 Å². The summed E-state index contributed by atoms with van der Waals surface area (Å²) in [5.41, 5.74) is 9.49. The smallest absolute Gasteiger partial charge is 0.136 e. The lowest BCUT2D eigenvalue weighted by Gasteiger charge is -2.19. The van der Waals surface area contributed by atoms with E-state index in [1.165, 1.54) is 0 Å². The van der Waals surface area contributed by atoms with Crippen molar-refractivity contribution in [3.05, 3.63) is 182 Å². The van der Waals surface area contributed by atoms with E-state index < -0.39 is 6.04 Å². The number of rotatable bonds is 5. The second kappa shape index (κ2) is 12.0. The van der Waals surface area contributed by atoms with Crippen molar-refractivity contribution in [2.75, 3.05) is 0 Å². The van der Waals surface area contributed by atoms with Crippen LogP contribution in [0.4, 0.5) is 0 Å². The molecule has 3 nitrogen and oxygen atoms in total. The van der Waals surface area contributed by atoms with Gasteiger partial charge in [0.25, 0.3) is 0 Å². The Kier molecular flexibility index (Phi) is 5.78. The Morgan fingerprint density at radius 2 is 1.26 bits per heavy atom. The first-order valence-corrected chi connectivity index (χ1v) is 18.3. The van der Waals surface area contributed by atoms with Crippen molar-refractivity contribution in [3.8, 4) is 39.1 Å². The summed E-state index contributed by atoms with van der Waals surface area (Å²) >= 11 is 0. The summed E-state index contributed by atoms with van der Waals surface area (Å²) < 4.78 is 51.6. The fraction of sp³-hybridized carbons (Fsp3) is 0.0392. The molecule has 2 aromatic heterocycles. The van der Waals surface area contributed by atoms with Crippen LogP contribution in [0.25, 0.3) is 104 Å². The Hall–Kier alpha value is -6.97. The molecule has 0 fully saturated rings. The maximum absolute atomic E-state index is 8.89. The zero-order chi connectivity index (χ0) is 40.1. The van der Waals surface area contributed by atoms with Crippen molar-refractivity contribution in [1.82, 2.24) is 9.55 Å². The molecule has 0 bridgehead atoms. The van der Waals surface area contributed by atoms with Gasteiger partial charge >= 0.3 is 0 Å². The van der Waals surface area contributed by atoms with E-state index in [-0.39, 0.29) is 29.7 Å². The van der Waals surface area contributed by atoms with Gasteiger partial charge in [-0.15, -0.1) is 0 Å². The van der Waals surface area contributed by atoms with E-state index in [1.54, 1.807) is 0 Å².